The van der Waals surface area contributed by atoms with Gasteiger partial charge in [-0.05, 0) is 24.0 Å². The van der Waals surface area contributed by atoms with Crippen LogP contribution in [0, 0.1) is 0 Å². The smallest absolute Gasteiger partial charge is 0.199 e. The van der Waals surface area contributed by atoms with Crippen LogP contribution in [0.1, 0.15) is 29.7 Å². The topological polar surface area (TPSA) is 52.0 Å². The number of benzene rings is 2. The summed E-state index contributed by atoms with van der Waals surface area (Å²) in [4.78, 5) is 4.55. The van der Waals surface area contributed by atoms with Crippen LogP contribution in [0.15, 0.2) is 46.9 Å². The first-order valence-electron chi connectivity index (χ1n) is 6.63. The lowest BCUT2D eigenvalue weighted by Gasteiger charge is -1.96. The number of hydrogen-bond acceptors (Lipinski definition) is 3. The monoisotopic (exact) mass is 284 g/mol. The lowest BCUT2D eigenvalue weighted by atomic mass is 10.1. The zero-order chi connectivity index (χ0) is 13.7. The molecule has 3 nitrogen and oxygen atoms in total. The Morgan fingerprint density at radius 2 is 1.95 bits per heavy atom. The first-order valence-corrected chi connectivity index (χ1v) is 7.00. The number of hydrogen-bond donors (Lipinski definition) is 1. The average molecular weight is 285 g/mol. The highest BCUT2D eigenvalue weighted by molar-refractivity contribution is 6.33. The Kier molecular flexibility index (Phi) is 2.51. The van der Waals surface area contributed by atoms with E-state index in [1.807, 2.05) is 6.07 Å². The minimum atomic E-state index is 0.366. The predicted molar refractivity (Wildman–Crippen MR) is 80.0 cm³/mol. The molecule has 0 spiro atoms. The molecule has 1 fully saturated rings. The van der Waals surface area contributed by atoms with E-state index >= 15 is 0 Å². The van der Waals surface area contributed by atoms with Crippen LogP contribution in [0.25, 0.3) is 11.1 Å². The number of halogens is 1. The lowest BCUT2D eigenvalue weighted by molar-refractivity contribution is 0.529. The van der Waals surface area contributed by atoms with Crippen molar-refractivity contribution in [2.45, 2.75) is 18.3 Å². The normalized spacial score (nSPS) is 21.2. The van der Waals surface area contributed by atoms with Gasteiger partial charge in [0.1, 0.15) is 5.52 Å². The number of rotatable bonds is 2. The van der Waals surface area contributed by atoms with Gasteiger partial charge >= 0.3 is 0 Å². The Labute approximate surface area is 121 Å². The van der Waals surface area contributed by atoms with Gasteiger partial charge in [0.25, 0.3) is 0 Å². The molecular formula is C16H13ClN2O. The molecule has 20 heavy (non-hydrogen) atoms. The molecule has 3 aromatic rings. The van der Waals surface area contributed by atoms with E-state index in [1.54, 1.807) is 12.1 Å². The summed E-state index contributed by atoms with van der Waals surface area (Å²) in [6.07, 6.45) is 1.08. The Morgan fingerprint density at radius 3 is 2.75 bits per heavy atom. The predicted octanol–water partition coefficient (Wildman–Crippen LogP) is 4.33. The summed E-state index contributed by atoms with van der Waals surface area (Å²) in [5, 5.41) is 0.521. The van der Waals surface area contributed by atoms with Crippen LogP contribution in [0.3, 0.4) is 0 Å². The van der Waals surface area contributed by atoms with Gasteiger partial charge in [0.2, 0.25) is 0 Å². The molecule has 1 saturated carbocycles. The molecular weight excluding hydrogens is 272 g/mol. The number of nitrogens with two attached hydrogens (primary N) is 1. The molecule has 1 aliphatic carbocycles. The van der Waals surface area contributed by atoms with Crippen LogP contribution in [0.5, 0.6) is 0 Å². The molecule has 2 N–H and O–H groups in total. The van der Waals surface area contributed by atoms with Crippen LogP contribution >= 0.6 is 11.6 Å². The molecule has 4 rings (SSSR count). The van der Waals surface area contributed by atoms with E-state index < -0.39 is 0 Å². The first kappa shape index (κ1) is 11.8. The van der Waals surface area contributed by atoms with Crippen LogP contribution in [-0.4, -0.2) is 4.98 Å². The Balaban J connectivity index is 1.68. The zero-order valence-corrected chi connectivity index (χ0v) is 11.5. The molecule has 1 aromatic heterocycles. The highest BCUT2D eigenvalue weighted by Gasteiger charge is 2.43. The van der Waals surface area contributed by atoms with Crippen molar-refractivity contribution in [3.05, 3.63) is 58.9 Å². The Bertz CT molecular complexity index is 743. The van der Waals surface area contributed by atoms with Crippen molar-refractivity contribution in [1.29, 1.82) is 0 Å². The standard InChI is InChI=1S/C16H13ClN2O/c17-12-7-14-15(8-13(12)18)20-16(19-14)11-6-10(11)9-4-2-1-3-5-9/h1-5,7-8,10-11H,6,18H2. The van der Waals surface area contributed by atoms with E-state index in [2.05, 4.69) is 29.2 Å². The highest BCUT2D eigenvalue weighted by atomic mass is 35.5. The summed E-state index contributed by atoms with van der Waals surface area (Å²) >= 11 is 6.01. The quantitative estimate of drug-likeness (QED) is 0.712. The summed E-state index contributed by atoms with van der Waals surface area (Å²) in [6, 6.07) is 14.0. The van der Waals surface area contributed by atoms with E-state index in [-0.39, 0.29) is 0 Å². The molecule has 100 valence electrons. The summed E-state index contributed by atoms with van der Waals surface area (Å²) in [5.41, 5.74) is 9.14. The number of nitrogen functional groups attached to an aromatic ring is 1. The summed E-state index contributed by atoms with van der Waals surface area (Å²) in [5.74, 6) is 1.66. The molecule has 0 bridgehead atoms. The van der Waals surface area contributed by atoms with Gasteiger partial charge in [-0.15, -0.1) is 0 Å². The van der Waals surface area contributed by atoms with E-state index in [0.29, 0.717) is 28.1 Å². The third-order valence-corrected chi connectivity index (χ3v) is 4.19. The van der Waals surface area contributed by atoms with Crippen LogP contribution < -0.4 is 5.73 Å². The molecule has 0 radical (unpaired) electrons. The molecule has 1 aliphatic rings. The van der Waals surface area contributed by atoms with Gasteiger partial charge in [0, 0.05) is 12.0 Å². The van der Waals surface area contributed by atoms with Gasteiger partial charge in [-0.25, -0.2) is 4.98 Å². The second kappa shape index (κ2) is 4.25. The third-order valence-electron chi connectivity index (χ3n) is 3.86. The van der Waals surface area contributed by atoms with Gasteiger partial charge in [-0.1, -0.05) is 41.9 Å². The lowest BCUT2D eigenvalue weighted by Crippen LogP contribution is -1.85. The first-order chi connectivity index (χ1) is 9.72. The van der Waals surface area contributed by atoms with Crippen molar-refractivity contribution in [1.82, 2.24) is 4.98 Å². The maximum atomic E-state index is 6.01. The number of oxazole rings is 1. The van der Waals surface area contributed by atoms with E-state index in [0.717, 1.165) is 17.8 Å². The molecule has 4 heteroatoms. The second-order valence-electron chi connectivity index (χ2n) is 5.25. The fraction of sp³-hybridized carbons (Fsp3) is 0.188. The molecule has 2 aromatic carbocycles. The molecule has 0 amide bonds. The van der Waals surface area contributed by atoms with Crippen molar-refractivity contribution in [3.8, 4) is 0 Å². The van der Waals surface area contributed by atoms with Gasteiger partial charge in [0.05, 0.1) is 10.7 Å². The van der Waals surface area contributed by atoms with Gasteiger partial charge < -0.3 is 10.2 Å². The maximum absolute atomic E-state index is 6.01. The highest BCUT2D eigenvalue weighted by Crippen LogP contribution is 2.54. The summed E-state index contributed by atoms with van der Waals surface area (Å²) in [7, 11) is 0. The fourth-order valence-electron chi connectivity index (χ4n) is 2.68. The largest absolute Gasteiger partial charge is 0.440 e. The van der Waals surface area contributed by atoms with Crippen LogP contribution in [-0.2, 0) is 0 Å². The van der Waals surface area contributed by atoms with Gasteiger partial charge in [-0.2, -0.15) is 0 Å². The summed E-state index contributed by atoms with van der Waals surface area (Å²) in [6.45, 7) is 0. The van der Waals surface area contributed by atoms with E-state index in [4.69, 9.17) is 21.8 Å². The maximum Gasteiger partial charge on any atom is 0.199 e. The van der Waals surface area contributed by atoms with Crippen LogP contribution in [0.4, 0.5) is 5.69 Å². The van der Waals surface area contributed by atoms with Gasteiger partial charge in [-0.3, -0.25) is 0 Å². The third kappa shape index (κ3) is 1.86. The zero-order valence-electron chi connectivity index (χ0n) is 10.7. The minimum Gasteiger partial charge on any atom is -0.440 e. The number of fused-ring (bicyclic) bond motifs is 1. The van der Waals surface area contributed by atoms with Crippen molar-refractivity contribution >= 4 is 28.4 Å². The average Bonchev–Trinajstić information content (AvgIpc) is 3.16. The number of nitrogens with zero attached hydrogens (tertiary/aromatic N) is 1. The SMILES string of the molecule is Nc1cc2oc(C3CC3c3ccccc3)nc2cc1Cl. The van der Waals surface area contributed by atoms with Crippen molar-refractivity contribution in [3.63, 3.8) is 0 Å². The molecule has 2 unspecified atom stereocenters. The molecule has 0 saturated heterocycles. The molecule has 2 atom stereocenters. The van der Waals surface area contributed by atoms with Crippen LogP contribution in [0.2, 0.25) is 5.02 Å². The summed E-state index contributed by atoms with van der Waals surface area (Å²) < 4.78 is 5.83. The Morgan fingerprint density at radius 1 is 1.15 bits per heavy atom. The van der Waals surface area contributed by atoms with Gasteiger partial charge in [0.15, 0.2) is 11.5 Å². The van der Waals surface area contributed by atoms with E-state index in [1.165, 1.54) is 5.56 Å². The minimum absolute atomic E-state index is 0.366. The van der Waals surface area contributed by atoms with E-state index in [9.17, 15) is 0 Å². The van der Waals surface area contributed by atoms with Crippen molar-refractivity contribution < 1.29 is 4.42 Å². The Hall–Kier alpha value is -2.00. The second-order valence-corrected chi connectivity index (χ2v) is 5.66. The fourth-order valence-corrected chi connectivity index (χ4v) is 2.83. The molecule has 1 heterocycles. The number of anilines is 1. The van der Waals surface area contributed by atoms with Crippen molar-refractivity contribution in [2.75, 3.05) is 5.73 Å². The molecule has 0 aliphatic heterocycles. The number of aromatic nitrogens is 1. The van der Waals surface area contributed by atoms with Crippen molar-refractivity contribution in [2.24, 2.45) is 0 Å².